The molecule has 8 aliphatic rings. The largest absolute Gasteiger partial charge is 1.00 e. The molecule has 0 amide bonds. The van der Waals surface area contributed by atoms with Gasteiger partial charge in [0.25, 0.3) is 0 Å². The summed E-state index contributed by atoms with van der Waals surface area (Å²) in [5, 5.41) is 7.99. The second-order valence-corrected chi connectivity index (χ2v) is 24.9. The van der Waals surface area contributed by atoms with Crippen LogP contribution >= 0.6 is 45.3 Å². The lowest BCUT2D eigenvalue weighted by Gasteiger charge is -2.13. The Morgan fingerprint density at radius 2 is 0.560 bits per heavy atom. The second kappa shape index (κ2) is 30.5. The molecule has 0 spiro atoms. The van der Waals surface area contributed by atoms with E-state index in [2.05, 4.69) is 283 Å². The standard InChI is InChI=1S/3C16H18N3S.C15H15N3S.CH4.4ClH/c3*1-18(2)11-5-7-13-15(9-11)20-16-10-12(19(3)4)6-8-14(16)17-13;1-16-10-4-6-12-14(8-10)19-15-9-11(18(2)3)5-7-13(15)17-12;;;;;/h3*5-10H,1-4H3;4-9H,1-3H3;1H4;4*1H/q3*+1;;;;;;/p-3/i1-1,2-1,3-1,4-1;1-1,2-1;2*1-1;;;;;. The number of aromatic nitrogens is 4. The zero-order chi connectivity index (χ0) is 56.2. The molecule has 4 aliphatic heterocycles. The highest BCUT2D eigenvalue weighted by atomic mass is 35.5. The Morgan fingerprint density at radius 1 is 0.321 bits per heavy atom. The molecule has 12 rings (SSSR count). The van der Waals surface area contributed by atoms with Gasteiger partial charge in [-0.15, -0.1) is 45.3 Å². The van der Waals surface area contributed by atoms with Crippen molar-refractivity contribution in [3.05, 3.63) is 167 Å². The summed E-state index contributed by atoms with van der Waals surface area (Å²) in [6, 6.07) is 51.1. The molecule has 0 fully saturated rings. The van der Waals surface area contributed by atoms with Crippen molar-refractivity contribution in [2.45, 2.75) is 7.43 Å². The van der Waals surface area contributed by atoms with Gasteiger partial charge in [-0.25, -0.2) is 38.2 Å². The van der Waals surface area contributed by atoms with Gasteiger partial charge in [0.2, 0.25) is 21.4 Å². The van der Waals surface area contributed by atoms with E-state index in [-0.39, 0.29) is 57.1 Å². The Morgan fingerprint density at radius 3 is 0.786 bits per heavy atom. The van der Waals surface area contributed by atoms with E-state index in [1.165, 1.54) is 76.8 Å². The fraction of sp³-hybridized carbons (Fsp3) is 0.250. The first kappa shape index (κ1) is 69.9. The van der Waals surface area contributed by atoms with Crippen LogP contribution in [0, 0.1) is 0 Å². The van der Waals surface area contributed by atoms with E-state index in [0.717, 1.165) is 50.5 Å². The number of fused-ring (bicyclic) bond motifs is 8. The number of nitrogens with zero attached hydrogens (tertiary/aromatic N) is 11. The van der Waals surface area contributed by atoms with Crippen LogP contribution in [0.4, 0.5) is 22.7 Å². The van der Waals surface area contributed by atoms with Crippen molar-refractivity contribution in [3.8, 4) is 42.3 Å². The van der Waals surface area contributed by atoms with Crippen LogP contribution in [0.1, 0.15) is 7.43 Å². The van der Waals surface area contributed by atoms with Gasteiger partial charge < -0.3 is 69.6 Å². The molecule has 4 heterocycles. The Kier molecular flexibility index (Phi) is 25.3. The maximum absolute atomic E-state index is 4.75. The average molecular weight is 1270 g/mol. The minimum absolute atomic E-state index is 0. The van der Waals surface area contributed by atoms with Gasteiger partial charge in [0.15, 0.2) is 0 Å². The highest BCUT2D eigenvalue weighted by Gasteiger charge is 2.14. The van der Waals surface area contributed by atoms with Crippen LogP contribution in [0.3, 0.4) is 0 Å². The smallest absolute Gasteiger partial charge is 0.201 e. The number of nitrogens with one attached hydrogen (secondary N) is 1. The van der Waals surface area contributed by atoms with E-state index in [4.69, 9.17) is 19.9 Å². The quantitative estimate of drug-likeness (QED) is 0.171. The topological polar surface area (TPSA) is 85.3 Å². The van der Waals surface area contributed by atoms with Crippen LogP contribution in [0.15, 0.2) is 146 Å². The molecular weight excluding hydrogens is 1200 g/mol. The van der Waals surface area contributed by atoms with Gasteiger partial charge in [-0.3, -0.25) is 0 Å². The van der Waals surface area contributed by atoms with Crippen molar-refractivity contribution in [2.24, 2.45) is 0 Å². The van der Waals surface area contributed by atoms with Crippen LogP contribution in [0.25, 0.3) is 83.2 Å². The molecule has 442 valence electrons. The summed E-state index contributed by atoms with van der Waals surface area (Å²) in [6.45, 7) is 0. The third-order valence-electron chi connectivity index (χ3n) is 13.3. The van der Waals surface area contributed by atoms with Crippen molar-refractivity contribution in [1.29, 1.82) is 0 Å². The summed E-state index contributed by atoms with van der Waals surface area (Å²) >= 11 is 7.18. The van der Waals surface area contributed by atoms with E-state index in [1.807, 2.05) is 7.05 Å². The predicted molar refractivity (Wildman–Crippen MR) is 353 cm³/mol. The molecule has 0 atom stereocenters. The van der Waals surface area contributed by atoms with Crippen LogP contribution in [-0.2, 0) is 0 Å². The summed E-state index contributed by atoms with van der Waals surface area (Å²) in [5.74, 6) is 0. The maximum atomic E-state index is 4.75. The summed E-state index contributed by atoms with van der Waals surface area (Å²) < 4.78 is 13.3. The van der Waals surface area contributed by atoms with Gasteiger partial charge in [0, 0.05) is 121 Å². The van der Waals surface area contributed by atoms with E-state index in [1.54, 1.807) is 45.3 Å². The molecule has 4 aliphatic carbocycles. The average Bonchev–Trinajstić information content (AvgIpc) is 3.62. The molecule has 20 heteroatoms. The number of rotatable bonds is 4. The van der Waals surface area contributed by atoms with E-state index >= 15 is 0 Å². The third kappa shape index (κ3) is 16.4. The second-order valence-electron chi connectivity index (χ2n) is 20.6. The number of halogens is 4. The summed E-state index contributed by atoms with van der Waals surface area (Å²) in [4.78, 5) is 30.2. The van der Waals surface area contributed by atoms with Crippen molar-refractivity contribution in [1.82, 2.24) is 38.2 Å². The fourth-order valence-corrected chi connectivity index (χ4v) is 12.7. The number of hydrogen-bond acceptors (Lipinski definition) is 12. The molecule has 4 aromatic rings. The Balaban J connectivity index is 0.000000236. The summed E-state index contributed by atoms with van der Waals surface area (Å²) in [7, 11) is 30.8. The van der Waals surface area contributed by atoms with Crippen molar-refractivity contribution in [2.75, 3.05) is 126 Å². The van der Waals surface area contributed by atoms with Crippen LogP contribution in [0.5, 0.6) is 0 Å². The number of hydrogen-bond donors (Lipinski definition) is 1. The Bertz CT molecular complexity index is 4030. The first-order valence-electron chi connectivity index (χ1n) is 25.9. The highest BCUT2D eigenvalue weighted by molar-refractivity contribution is 7.22. The van der Waals surface area contributed by atoms with Crippen LogP contribution < -0.4 is 109 Å². The summed E-state index contributed by atoms with van der Waals surface area (Å²) in [5.41, 5.74) is 13.2. The molecule has 0 bridgehead atoms. The van der Waals surface area contributed by atoms with E-state index in [0.29, 0.717) is 0 Å². The van der Waals surface area contributed by atoms with Gasteiger partial charge in [0.1, 0.15) is 56.4 Å². The van der Waals surface area contributed by atoms with Crippen LogP contribution in [-0.4, -0.2) is 126 Å². The minimum atomic E-state index is 0. The third-order valence-corrected chi connectivity index (χ3v) is 17.7. The highest BCUT2D eigenvalue weighted by Crippen LogP contribution is 2.35. The lowest BCUT2D eigenvalue weighted by atomic mass is 10.2. The van der Waals surface area contributed by atoms with E-state index < -0.39 is 0 Å². The molecule has 4 aromatic carbocycles. The molecule has 0 radical (unpaired) electrons. The van der Waals surface area contributed by atoms with Gasteiger partial charge in [0.05, 0.1) is 83.2 Å². The predicted octanol–water partition coefficient (Wildman–Crippen LogP) is -1.38. The molecule has 1 N–H and O–H groups in total. The molecular formula is C64H74Cl4N12S4. The van der Waals surface area contributed by atoms with Gasteiger partial charge in [-0.05, 0) is 97.1 Å². The Hall–Kier alpha value is -6.60. The Labute approximate surface area is 535 Å². The number of benzene rings is 8. The molecule has 0 saturated carbocycles. The molecule has 12 nitrogen and oxygen atoms in total. The van der Waals surface area contributed by atoms with Gasteiger partial charge in [-0.2, -0.15) is 0 Å². The lowest BCUT2D eigenvalue weighted by molar-refractivity contribution is -0.001000. The van der Waals surface area contributed by atoms with Gasteiger partial charge in [-0.1, -0.05) is 7.43 Å². The van der Waals surface area contributed by atoms with Gasteiger partial charge >= 0.3 is 0 Å². The zero-order valence-electron chi connectivity index (χ0n) is 49.4. The van der Waals surface area contributed by atoms with Crippen molar-refractivity contribution < 1.29 is 49.6 Å². The lowest BCUT2D eigenvalue weighted by Crippen LogP contribution is -3.00. The maximum Gasteiger partial charge on any atom is 0.201 e. The van der Waals surface area contributed by atoms with E-state index in [9.17, 15) is 0 Å². The molecule has 0 saturated heterocycles. The number of anilines is 4. The SMILES string of the molecule is C.CN([11CH3])c1ccc2nc3ccc(=[N+](C)C)cc-3sc2c1.C[N+](C)=c1ccc2nc3ccc(N([11CH3])[11CH3])cc3sc-2c1.C[N+](C)=c1ccc2nc3ccc(N[11CH3])cc3sc-2c1.[11CH3]N([11CH3])c1ccc2nc3ccc(=[N+]([11CH3])[11CH3])cc-3sc2c1.[Cl-].[Cl-].[Cl-].[Cl-]. The first-order chi connectivity index (χ1) is 37.8. The monoisotopic (exact) mass is 1270 g/mol. The van der Waals surface area contributed by atoms with Crippen molar-refractivity contribution >= 4 is 109 Å². The summed E-state index contributed by atoms with van der Waals surface area (Å²) in [6.07, 6.45) is 0. The molecule has 0 aromatic heterocycles. The fourth-order valence-electron chi connectivity index (χ4n) is 8.52. The minimum Gasteiger partial charge on any atom is -1.00 e. The first-order valence-corrected chi connectivity index (χ1v) is 29.2. The van der Waals surface area contributed by atoms with Crippen molar-refractivity contribution in [3.63, 3.8) is 0 Å². The van der Waals surface area contributed by atoms with Crippen LogP contribution in [0.2, 0.25) is 0 Å². The molecule has 84 heavy (non-hydrogen) atoms. The normalized spacial score (nSPS) is 10.3. The zero-order valence-corrected chi connectivity index (χ0v) is 55.7. The molecule has 0 unspecified atom stereocenters.